The molecule has 1 aliphatic heterocycles. The zero-order valence-electron chi connectivity index (χ0n) is 12.6. The van der Waals surface area contributed by atoms with Gasteiger partial charge >= 0.3 is 0 Å². The Morgan fingerprint density at radius 3 is 2.55 bits per heavy atom. The molecule has 1 atom stereocenters. The molecule has 1 aromatic rings. The summed E-state index contributed by atoms with van der Waals surface area (Å²) in [6.07, 6.45) is 2.04. The molecule has 1 saturated heterocycles. The lowest BCUT2D eigenvalue weighted by Crippen LogP contribution is -2.46. The number of aliphatic hydroxyl groups is 1. The summed E-state index contributed by atoms with van der Waals surface area (Å²) in [4.78, 5) is 25.2. The van der Waals surface area contributed by atoms with Gasteiger partial charge in [-0.25, -0.2) is 0 Å². The molecule has 0 aromatic heterocycles. The van der Waals surface area contributed by atoms with Crippen LogP contribution < -0.4 is 5.32 Å². The lowest BCUT2D eigenvalue weighted by atomic mass is 10.0. The number of piperidine rings is 1. The van der Waals surface area contributed by atoms with Crippen LogP contribution in [0.1, 0.15) is 30.9 Å². The van der Waals surface area contributed by atoms with Gasteiger partial charge in [0.1, 0.15) is 0 Å². The average Bonchev–Trinajstić information content (AvgIpc) is 2.55. The minimum atomic E-state index is -0.788. The highest BCUT2D eigenvalue weighted by Crippen LogP contribution is 2.17. The minimum absolute atomic E-state index is 0.0514. The number of aliphatic hydroxyl groups excluding tert-OH is 1. The second kappa shape index (κ2) is 7.75. The van der Waals surface area contributed by atoms with Crippen molar-refractivity contribution in [2.45, 2.75) is 31.4 Å². The van der Waals surface area contributed by atoms with Crippen LogP contribution in [-0.2, 0) is 9.59 Å². The van der Waals surface area contributed by atoms with Crippen molar-refractivity contribution < 1.29 is 14.7 Å². The van der Waals surface area contributed by atoms with Crippen molar-refractivity contribution >= 4 is 11.8 Å². The summed E-state index contributed by atoms with van der Waals surface area (Å²) in [7, 11) is 0. The first-order chi connectivity index (χ1) is 10.6. The Morgan fingerprint density at radius 2 is 1.95 bits per heavy atom. The molecule has 5 nitrogen and oxygen atoms in total. The Labute approximate surface area is 130 Å². The van der Waals surface area contributed by atoms with E-state index < -0.39 is 6.10 Å². The van der Waals surface area contributed by atoms with Crippen LogP contribution in [0.4, 0.5) is 0 Å². The van der Waals surface area contributed by atoms with Gasteiger partial charge in [-0.2, -0.15) is 0 Å². The Kier molecular flexibility index (Phi) is 5.72. The van der Waals surface area contributed by atoms with Crippen molar-refractivity contribution in [1.82, 2.24) is 10.2 Å². The van der Waals surface area contributed by atoms with E-state index in [-0.39, 0.29) is 24.3 Å². The average molecular weight is 302 g/mol. The second-order valence-corrected chi connectivity index (χ2v) is 5.50. The van der Waals surface area contributed by atoms with E-state index in [0.29, 0.717) is 13.1 Å². The highest BCUT2D eigenvalue weighted by molar-refractivity contribution is 5.87. The highest BCUT2D eigenvalue weighted by atomic mass is 16.3. The van der Waals surface area contributed by atoms with Crippen LogP contribution in [0.25, 0.3) is 0 Å². The summed E-state index contributed by atoms with van der Waals surface area (Å²) in [5.41, 5.74) is 0.740. The first-order valence-electron chi connectivity index (χ1n) is 7.54. The molecule has 0 bridgehead atoms. The van der Waals surface area contributed by atoms with Crippen molar-refractivity contribution in [3.05, 3.63) is 48.6 Å². The number of nitrogens with one attached hydrogen (secondary N) is 1. The van der Waals surface area contributed by atoms with E-state index in [2.05, 4.69) is 11.9 Å². The van der Waals surface area contributed by atoms with Crippen LogP contribution in [0.3, 0.4) is 0 Å². The first-order valence-corrected chi connectivity index (χ1v) is 7.54. The normalized spacial score (nSPS) is 16.9. The molecule has 0 spiro atoms. The molecule has 5 heteroatoms. The quantitative estimate of drug-likeness (QED) is 0.808. The van der Waals surface area contributed by atoms with E-state index in [9.17, 15) is 14.7 Å². The third kappa shape index (κ3) is 4.43. The van der Waals surface area contributed by atoms with Crippen LogP contribution in [0, 0.1) is 0 Å². The van der Waals surface area contributed by atoms with Gasteiger partial charge in [0.2, 0.25) is 11.8 Å². The van der Waals surface area contributed by atoms with Gasteiger partial charge in [-0.15, -0.1) is 0 Å². The molecule has 0 aliphatic carbocycles. The van der Waals surface area contributed by atoms with Crippen LogP contribution in [-0.4, -0.2) is 41.0 Å². The number of hydrogen-bond donors (Lipinski definition) is 2. The molecule has 1 aliphatic rings. The molecule has 1 heterocycles. The summed E-state index contributed by atoms with van der Waals surface area (Å²) >= 11 is 0. The SMILES string of the molecule is C=CC(=O)N1CCC(NC(=O)C[C@@H](O)c2ccccc2)CC1. The van der Waals surface area contributed by atoms with Gasteiger partial charge in [-0.1, -0.05) is 36.9 Å². The van der Waals surface area contributed by atoms with Crippen molar-refractivity contribution in [3.63, 3.8) is 0 Å². The van der Waals surface area contributed by atoms with Gasteiger partial charge in [-0.3, -0.25) is 9.59 Å². The maximum Gasteiger partial charge on any atom is 0.245 e. The fourth-order valence-electron chi connectivity index (χ4n) is 2.63. The topological polar surface area (TPSA) is 69.6 Å². The largest absolute Gasteiger partial charge is 0.388 e. The Morgan fingerprint density at radius 1 is 1.32 bits per heavy atom. The van der Waals surface area contributed by atoms with Crippen molar-refractivity contribution in [1.29, 1.82) is 0 Å². The van der Waals surface area contributed by atoms with Crippen LogP contribution in [0.5, 0.6) is 0 Å². The number of carbonyl (C=O) groups excluding carboxylic acids is 2. The number of hydrogen-bond acceptors (Lipinski definition) is 3. The summed E-state index contributed by atoms with van der Waals surface area (Å²) in [6, 6.07) is 9.21. The van der Waals surface area contributed by atoms with E-state index in [1.54, 1.807) is 17.0 Å². The third-order valence-corrected chi connectivity index (χ3v) is 3.91. The predicted octanol–water partition coefficient (Wildman–Crippen LogP) is 1.40. The molecule has 2 rings (SSSR count). The fraction of sp³-hybridized carbons (Fsp3) is 0.412. The number of nitrogens with zero attached hydrogens (tertiary/aromatic N) is 1. The van der Waals surface area contributed by atoms with Gasteiger partial charge in [0.25, 0.3) is 0 Å². The smallest absolute Gasteiger partial charge is 0.245 e. The fourth-order valence-corrected chi connectivity index (χ4v) is 2.63. The third-order valence-electron chi connectivity index (χ3n) is 3.91. The molecule has 2 N–H and O–H groups in total. The van der Waals surface area contributed by atoms with Crippen LogP contribution in [0.15, 0.2) is 43.0 Å². The number of benzene rings is 1. The molecule has 0 radical (unpaired) electrons. The van der Waals surface area contributed by atoms with Gasteiger partial charge in [0.05, 0.1) is 12.5 Å². The lowest BCUT2D eigenvalue weighted by Gasteiger charge is -2.31. The lowest BCUT2D eigenvalue weighted by molar-refractivity contribution is -0.127. The number of amides is 2. The highest BCUT2D eigenvalue weighted by Gasteiger charge is 2.23. The van der Waals surface area contributed by atoms with Crippen LogP contribution >= 0.6 is 0 Å². The zero-order valence-corrected chi connectivity index (χ0v) is 12.6. The number of likely N-dealkylation sites (tertiary alicyclic amines) is 1. The molecular formula is C17H22N2O3. The number of rotatable bonds is 5. The summed E-state index contributed by atoms with van der Waals surface area (Å²) < 4.78 is 0. The van der Waals surface area contributed by atoms with Gasteiger partial charge in [-0.05, 0) is 24.5 Å². The summed E-state index contributed by atoms with van der Waals surface area (Å²) in [6.45, 7) is 4.72. The Balaban J connectivity index is 1.76. The van der Waals surface area contributed by atoms with E-state index in [0.717, 1.165) is 18.4 Å². The minimum Gasteiger partial charge on any atom is -0.388 e. The van der Waals surface area contributed by atoms with E-state index in [1.807, 2.05) is 18.2 Å². The number of carbonyl (C=O) groups is 2. The monoisotopic (exact) mass is 302 g/mol. The summed E-state index contributed by atoms with van der Waals surface area (Å²) in [5, 5.41) is 13.0. The molecule has 1 aromatic carbocycles. The molecule has 0 saturated carbocycles. The van der Waals surface area contributed by atoms with Gasteiger partial charge in [0.15, 0.2) is 0 Å². The molecule has 0 unspecified atom stereocenters. The predicted molar refractivity (Wildman–Crippen MR) is 84.0 cm³/mol. The second-order valence-electron chi connectivity index (χ2n) is 5.50. The van der Waals surface area contributed by atoms with E-state index in [1.165, 1.54) is 6.08 Å². The standard InChI is InChI=1S/C17H22N2O3/c1-2-17(22)19-10-8-14(9-11-19)18-16(21)12-15(20)13-6-4-3-5-7-13/h2-7,14-15,20H,1,8-12H2,(H,18,21)/t15-/m1/s1. The maximum absolute atomic E-state index is 12.0. The van der Waals surface area contributed by atoms with Gasteiger partial charge < -0.3 is 15.3 Å². The van der Waals surface area contributed by atoms with Crippen molar-refractivity contribution in [3.8, 4) is 0 Å². The zero-order chi connectivity index (χ0) is 15.9. The first kappa shape index (κ1) is 16.2. The summed E-state index contributed by atoms with van der Waals surface area (Å²) in [5.74, 6) is -0.228. The Bertz CT molecular complexity index is 522. The Hall–Kier alpha value is -2.14. The van der Waals surface area contributed by atoms with Gasteiger partial charge in [0, 0.05) is 19.1 Å². The van der Waals surface area contributed by atoms with Crippen molar-refractivity contribution in [2.75, 3.05) is 13.1 Å². The molecule has 2 amide bonds. The van der Waals surface area contributed by atoms with Crippen molar-refractivity contribution in [2.24, 2.45) is 0 Å². The van der Waals surface area contributed by atoms with E-state index >= 15 is 0 Å². The van der Waals surface area contributed by atoms with Crippen LogP contribution in [0.2, 0.25) is 0 Å². The van der Waals surface area contributed by atoms with E-state index in [4.69, 9.17) is 0 Å². The molecular weight excluding hydrogens is 280 g/mol. The molecule has 1 fully saturated rings. The molecule has 118 valence electrons. The molecule has 22 heavy (non-hydrogen) atoms. The maximum atomic E-state index is 12.0.